The van der Waals surface area contributed by atoms with Crippen molar-refractivity contribution in [3.8, 4) is 0 Å². The third-order valence-corrected chi connectivity index (χ3v) is 4.67. The normalized spacial score (nSPS) is 25.3. The van der Waals surface area contributed by atoms with Gasteiger partial charge in [0.05, 0.1) is 5.54 Å². The van der Waals surface area contributed by atoms with Gasteiger partial charge in [-0.2, -0.15) is 0 Å². The third kappa shape index (κ3) is 2.88. The van der Waals surface area contributed by atoms with Gasteiger partial charge in [0, 0.05) is 38.2 Å². The van der Waals surface area contributed by atoms with Crippen molar-refractivity contribution < 1.29 is 0 Å². The van der Waals surface area contributed by atoms with Crippen LogP contribution in [0.1, 0.15) is 18.9 Å². The Labute approximate surface area is 138 Å². The van der Waals surface area contributed by atoms with E-state index in [0.717, 1.165) is 31.0 Å². The fourth-order valence-corrected chi connectivity index (χ4v) is 3.20. The molecule has 1 atom stereocenters. The lowest BCUT2D eigenvalue weighted by Crippen LogP contribution is -2.47. The Kier molecular flexibility index (Phi) is 4.22. The first kappa shape index (κ1) is 15.7. The lowest BCUT2D eigenvalue weighted by molar-refractivity contribution is 0.231. The zero-order chi connectivity index (χ0) is 16.4. The fraction of sp³-hybridized carbons (Fsp3) is 0.444. The molecule has 1 aromatic rings. The van der Waals surface area contributed by atoms with Gasteiger partial charge in [0.1, 0.15) is 0 Å². The topological polar surface area (TPSA) is 43.8 Å². The number of nitrogens with zero attached hydrogens (tertiary/aromatic N) is 4. The van der Waals surface area contributed by atoms with Crippen LogP contribution >= 0.6 is 0 Å². The first-order chi connectivity index (χ1) is 11.0. The van der Waals surface area contributed by atoms with Crippen LogP contribution in [0, 0.1) is 0 Å². The Morgan fingerprint density at radius 1 is 1.43 bits per heavy atom. The van der Waals surface area contributed by atoms with Crippen molar-refractivity contribution in [3.63, 3.8) is 0 Å². The van der Waals surface area contributed by atoms with Gasteiger partial charge in [0.25, 0.3) is 0 Å². The minimum absolute atomic E-state index is 0.0451. The van der Waals surface area contributed by atoms with E-state index in [0.29, 0.717) is 0 Å². The van der Waals surface area contributed by atoms with E-state index < -0.39 is 0 Å². The van der Waals surface area contributed by atoms with Crippen LogP contribution < -0.4 is 5.32 Å². The van der Waals surface area contributed by atoms with E-state index in [9.17, 15) is 0 Å². The Morgan fingerprint density at radius 3 is 2.91 bits per heavy atom. The van der Waals surface area contributed by atoms with Gasteiger partial charge in [-0.05, 0) is 50.7 Å². The molecule has 1 N–H and O–H groups in total. The summed E-state index contributed by atoms with van der Waals surface area (Å²) in [6.45, 7) is 4.25. The van der Waals surface area contributed by atoms with Crippen molar-refractivity contribution in [2.45, 2.75) is 18.9 Å². The third-order valence-electron chi connectivity index (χ3n) is 4.67. The molecule has 1 fully saturated rings. The Bertz CT molecular complexity index is 659. The summed E-state index contributed by atoms with van der Waals surface area (Å²) >= 11 is 0. The summed E-state index contributed by atoms with van der Waals surface area (Å²) in [4.78, 5) is 13.3. The Hall–Kier alpha value is -2.14. The number of hydrogen-bond acceptors (Lipinski definition) is 3. The van der Waals surface area contributed by atoms with Gasteiger partial charge in [0.15, 0.2) is 5.96 Å². The number of pyridine rings is 1. The van der Waals surface area contributed by atoms with Crippen molar-refractivity contribution >= 4 is 11.5 Å². The second kappa shape index (κ2) is 6.16. The molecule has 3 rings (SSSR count). The van der Waals surface area contributed by atoms with Gasteiger partial charge in [-0.1, -0.05) is 12.1 Å². The van der Waals surface area contributed by atoms with Gasteiger partial charge in [-0.15, -0.1) is 0 Å². The zero-order valence-electron chi connectivity index (χ0n) is 14.4. The molecule has 5 nitrogen and oxygen atoms in total. The molecule has 0 aromatic carbocycles. The average Bonchev–Trinajstić information content (AvgIpc) is 2.84. The molecule has 2 aliphatic rings. The van der Waals surface area contributed by atoms with Crippen molar-refractivity contribution in [3.05, 3.63) is 47.9 Å². The maximum Gasteiger partial charge on any atom is 0.198 e. The zero-order valence-corrected chi connectivity index (χ0v) is 14.4. The molecule has 2 heterocycles. The second-order valence-corrected chi connectivity index (χ2v) is 6.56. The average molecular weight is 311 g/mol. The summed E-state index contributed by atoms with van der Waals surface area (Å²) in [5, 5.41) is 3.51. The van der Waals surface area contributed by atoms with Crippen molar-refractivity contribution in [1.82, 2.24) is 20.1 Å². The predicted octanol–water partition coefficient (Wildman–Crippen LogP) is 1.96. The maximum absolute atomic E-state index is 4.45. The van der Waals surface area contributed by atoms with E-state index in [4.69, 9.17) is 0 Å². The van der Waals surface area contributed by atoms with Gasteiger partial charge >= 0.3 is 0 Å². The number of aliphatic imine (C=N–C) groups is 1. The van der Waals surface area contributed by atoms with Crippen LogP contribution in [0.3, 0.4) is 0 Å². The Balaban J connectivity index is 1.89. The van der Waals surface area contributed by atoms with Crippen molar-refractivity contribution in [2.75, 3.05) is 34.2 Å². The minimum Gasteiger partial charge on any atom is -0.330 e. The molecule has 0 amide bonds. The minimum atomic E-state index is -0.0451. The number of rotatable bonds is 4. The smallest absolute Gasteiger partial charge is 0.198 e. The van der Waals surface area contributed by atoms with Crippen LogP contribution in [-0.4, -0.2) is 60.5 Å². The van der Waals surface area contributed by atoms with Crippen molar-refractivity contribution in [2.24, 2.45) is 4.99 Å². The highest BCUT2D eigenvalue weighted by Gasteiger charge is 2.44. The summed E-state index contributed by atoms with van der Waals surface area (Å²) in [7, 11) is 6.06. The summed E-state index contributed by atoms with van der Waals surface area (Å²) in [5.74, 6) is 0.960. The van der Waals surface area contributed by atoms with Crippen LogP contribution in [0.15, 0.2) is 47.4 Å². The number of aromatic nitrogens is 1. The fourth-order valence-electron chi connectivity index (χ4n) is 3.20. The molecule has 23 heavy (non-hydrogen) atoms. The number of nitrogens with one attached hydrogen (secondary N) is 1. The summed E-state index contributed by atoms with van der Waals surface area (Å²) in [6, 6.07) is 4.08. The van der Waals surface area contributed by atoms with E-state index in [-0.39, 0.29) is 5.54 Å². The molecule has 1 unspecified atom stereocenters. The number of guanidine groups is 1. The van der Waals surface area contributed by atoms with Crippen LogP contribution in [0.5, 0.6) is 0 Å². The number of hydrogen-bond donors (Lipinski definition) is 1. The molecule has 0 radical (unpaired) electrons. The number of fused-ring (bicyclic) bond motifs is 1. The highest BCUT2D eigenvalue weighted by atomic mass is 15.4. The lowest BCUT2D eigenvalue weighted by atomic mass is 9.85. The summed E-state index contributed by atoms with van der Waals surface area (Å²) in [6.07, 6.45) is 9.23. The second-order valence-electron chi connectivity index (χ2n) is 6.56. The molecular weight excluding hydrogens is 286 g/mol. The Morgan fingerprint density at radius 2 is 2.26 bits per heavy atom. The number of allylic oxidation sites excluding steroid dienone is 2. The summed E-state index contributed by atoms with van der Waals surface area (Å²) in [5.41, 5.74) is 3.56. The highest BCUT2D eigenvalue weighted by molar-refractivity contribution is 5.89. The van der Waals surface area contributed by atoms with Crippen LogP contribution in [-0.2, 0) is 0 Å². The maximum atomic E-state index is 4.45. The molecule has 1 aromatic heterocycles. The first-order valence-electron chi connectivity index (χ1n) is 8.03. The van der Waals surface area contributed by atoms with Gasteiger partial charge in [0.2, 0.25) is 0 Å². The predicted molar refractivity (Wildman–Crippen MR) is 95.1 cm³/mol. The van der Waals surface area contributed by atoms with Crippen LogP contribution in [0.25, 0.3) is 5.57 Å². The van der Waals surface area contributed by atoms with E-state index in [1.165, 1.54) is 11.3 Å². The highest BCUT2D eigenvalue weighted by Crippen LogP contribution is 2.38. The molecule has 122 valence electrons. The van der Waals surface area contributed by atoms with Gasteiger partial charge in [-0.25, -0.2) is 0 Å². The van der Waals surface area contributed by atoms with E-state index >= 15 is 0 Å². The van der Waals surface area contributed by atoms with Gasteiger partial charge < -0.3 is 15.1 Å². The molecule has 0 spiro atoms. The SMILES string of the molecule is CN=C1NC2=CC(c3cccnc3)=CCC2(C)N1CCN(C)C. The monoisotopic (exact) mass is 311 g/mol. The number of likely N-dealkylation sites (N-methyl/N-ethyl adjacent to an activating group) is 1. The molecule has 0 bridgehead atoms. The lowest BCUT2D eigenvalue weighted by Gasteiger charge is -2.37. The van der Waals surface area contributed by atoms with E-state index in [1.54, 1.807) is 0 Å². The molecule has 1 aliphatic heterocycles. The quantitative estimate of drug-likeness (QED) is 0.923. The van der Waals surface area contributed by atoms with Crippen LogP contribution in [0.2, 0.25) is 0 Å². The van der Waals surface area contributed by atoms with Crippen molar-refractivity contribution in [1.29, 1.82) is 0 Å². The standard InChI is InChI=1S/C18H25N5/c1-18-8-7-14(15-6-5-9-20-13-15)12-16(18)21-17(19-2)23(18)11-10-22(3)4/h5-7,9,12-13H,8,10-11H2,1-4H3,(H,19,21). The molecule has 1 saturated heterocycles. The van der Waals surface area contributed by atoms with E-state index in [2.05, 4.69) is 64.3 Å². The molecular formula is C18H25N5. The molecule has 5 heteroatoms. The summed E-state index contributed by atoms with van der Waals surface area (Å²) < 4.78 is 0. The van der Waals surface area contributed by atoms with Crippen LogP contribution in [0.4, 0.5) is 0 Å². The van der Waals surface area contributed by atoms with Gasteiger partial charge in [-0.3, -0.25) is 9.98 Å². The first-order valence-corrected chi connectivity index (χ1v) is 8.03. The molecule has 1 aliphatic carbocycles. The molecule has 0 saturated carbocycles. The van der Waals surface area contributed by atoms with E-state index in [1.807, 2.05) is 25.5 Å². The largest absolute Gasteiger partial charge is 0.330 e.